The highest BCUT2D eigenvalue weighted by molar-refractivity contribution is 5.84. The van der Waals surface area contributed by atoms with Gasteiger partial charge in [-0.2, -0.15) is 13.2 Å². The molecule has 1 amide bonds. The van der Waals surface area contributed by atoms with E-state index in [4.69, 9.17) is 9.47 Å². The minimum absolute atomic E-state index is 0.270. The fourth-order valence-electron chi connectivity index (χ4n) is 1.21. The van der Waals surface area contributed by atoms with E-state index in [-0.39, 0.29) is 5.69 Å². The van der Waals surface area contributed by atoms with Gasteiger partial charge in [0.2, 0.25) is 0 Å². The fourth-order valence-corrected chi connectivity index (χ4v) is 1.21. The van der Waals surface area contributed by atoms with Crippen molar-refractivity contribution in [1.29, 1.82) is 0 Å². The van der Waals surface area contributed by atoms with E-state index in [1.807, 2.05) is 0 Å². The van der Waals surface area contributed by atoms with E-state index in [1.165, 1.54) is 19.2 Å². The van der Waals surface area contributed by atoms with E-state index in [9.17, 15) is 18.0 Å². The third kappa shape index (κ3) is 6.83. The second kappa shape index (κ2) is 7.59. The van der Waals surface area contributed by atoms with Crippen molar-refractivity contribution in [1.82, 2.24) is 0 Å². The monoisotopic (exact) mass is 293 g/mol. The number of anilines is 1. The van der Waals surface area contributed by atoms with E-state index >= 15 is 0 Å². The summed E-state index contributed by atoms with van der Waals surface area (Å²) < 4.78 is 49.7. The normalized spacial score (nSPS) is 11.0. The largest absolute Gasteiger partial charge is 0.491 e. The molecule has 0 heterocycles. The summed E-state index contributed by atoms with van der Waals surface area (Å²) in [6.45, 7) is -0.924. The van der Waals surface area contributed by atoms with Crippen LogP contribution >= 0.6 is 0 Å². The zero-order chi connectivity index (χ0) is 15.0. The fraction of sp³-hybridized carbons (Fsp3) is 0.417. The van der Waals surface area contributed by atoms with Gasteiger partial charge in [-0.25, -0.2) is 4.79 Å². The molecule has 1 aromatic carbocycles. The molecule has 0 saturated heterocycles. The van der Waals surface area contributed by atoms with Crippen LogP contribution in [0.2, 0.25) is 0 Å². The molecule has 1 N–H and O–H groups in total. The van der Waals surface area contributed by atoms with Crippen LogP contribution in [0.25, 0.3) is 0 Å². The smallest absolute Gasteiger partial charge is 0.422 e. The molecule has 0 aliphatic rings. The molecule has 0 aliphatic heterocycles. The highest BCUT2D eigenvalue weighted by Gasteiger charge is 2.29. The Balaban J connectivity index is 2.46. The summed E-state index contributed by atoms with van der Waals surface area (Å²) in [5.74, 6) is 0.454. The second-order valence-corrected chi connectivity index (χ2v) is 3.69. The van der Waals surface area contributed by atoms with Gasteiger partial charge >= 0.3 is 12.3 Å². The summed E-state index contributed by atoms with van der Waals surface area (Å²) in [6, 6.07) is 6.19. The Morgan fingerprint density at radius 3 is 2.70 bits per heavy atom. The first-order valence-electron chi connectivity index (χ1n) is 5.63. The summed E-state index contributed by atoms with van der Waals surface area (Å²) in [5, 5.41) is 2.17. The Bertz CT molecular complexity index is 437. The van der Waals surface area contributed by atoms with Crippen LogP contribution in [0, 0.1) is 0 Å². The first-order valence-corrected chi connectivity index (χ1v) is 5.63. The summed E-state index contributed by atoms with van der Waals surface area (Å²) in [4.78, 5) is 11.1. The van der Waals surface area contributed by atoms with E-state index in [2.05, 4.69) is 10.1 Å². The molecular formula is C12H14F3NO4. The highest BCUT2D eigenvalue weighted by atomic mass is 19.4. The van der Waals surface area contributed by atoms with E-state index in [0.717, 1.165) is 0 Å². The molecule has 0 bridgehead atoms. The first-order chi connectivity index (χ1) is 9.40. The molecule has 0 radical (unpaired) electrons. The van der Waals surface area contributed by atoms with Crippen LogP contribution in [0.15, 0.2) is 24.3 Å². The lowest BCUT2D eigenvalue weighted by molar-refractivity contribution is -0.159. The second-order valence-electron chi connectivity index (χ2n) is 3.69. The van der Waals surface area contributed by atoms with Crippen LogP contribution in [-0.4, -0.2) is 39.2 Å². The van der Waals surface area contributed by atoms with Crippen LogP contribution in [0.3, 0.4) is 0 Å². The molecule has 1 aromatic rings. The van der Waals surface area contributed by atoms with Crippen LogP contribution in [0.5, 0.6) is 5.75 Å². The Morgan fingerprint density at radius 2 is 2.05 bits per heavy atom. The van der Waals surface area contributed by atoms with Gasteiger partial charge in [0, 0.05) is 18.9 Å². The van der Waals surface area contributed by atoms with Crippen molar-refractivity contribution in [2.24, 2.45) is 0 Å². The maximum Gasteiger partial charge on any atom is 0.422 e. The predicted molar refractivity (Wildman–Crippen MR) is 64.8 cm³/mol. The Kier molecular flexibility index (Phi) is 6.10. The van der Waals surface area contributed by atoms with Crippen LogP contribution in [0.1, 0.15) is 0 Å². The van der Waals surface area contributed by atoms with Crippen LogP contribution in [-0.2, 0) is 9.47 Å². The molecule has 0 atom stereocenters. The van der Waals surface area contributed by atoms with Gasteiger partial charge in [-0.3, -0.25) is 5.32 Å². The lowest BCUT2D eigenvalue weighted by Gasteiger charge is -2.10. The summed E-state index contributed by atoms with van der Waals surface area (Å²) >= 11 is 0. The quantitative estimate of drug-likeness (QED) is 0.819. The molecule has 0 unspecified atom stereocenters. The summed E-state index contributed by atoms with van der Waals surface area (Å²) in [6.07, 6.45) is -5.74. The Hall–Kier alpha value is -1.96. The number of rotatable bonds is 6. The van der Waals surface area contributed by atoms with Gasteiger partial charge in [0.15, 0.2) is 6.61 Å². The van der Waals surface area contributed by atoms with Crippen molar-refractivity contribution in [2.45, 2.75) is 6.18 Å². The molecule has 0 saturated carbocycles. The number of hydrogen-bond donors (Lipinski definition) is 1. The molecule has 0 spiro atoms. The molecular weight excluding hydrogens is 279 g/mol. The minimum Gasteiger partial charge on any atom is -0.491 e. The third-order valence-electron chi connectivity index (χ3n) is 2.00. The number of halogens is 3. The van der Waals surface area contributed by atoms with Crippen molar-refractivity contribution in [3.63, 3.8) is 0 Å². The maximum atomic E-state index is 11.9. The van der Waals surface area contributed by atoms with Crippen LogP contribution in [0.4, 0.5) is 23.7 Å². The standard InChI is InChI=1S/C12H14F3NO4/c1-18-5-6-19-10-4-2-3-9(7-10)16-11(17)20-8-12(13,14)15/h2-4,7H,5-6,8H2,1H3,(H,16,17). The number of nitrogens with one attached hydrogen (secondary N) is 1. The molecule has 20 heavy (non-hydrogen) atoms. The van der Waals surface area contributed by atoms with Crippen LogP contribution < -0.4 is 10.1 Å². The average Bonchev–Trinajstić information content (AvgIpc) is 2.36. The summed E-state index contributed by atoms with van der Waals surface area (Å²) in [7, 11) is 1.53. The van der Waals surface area contributed by atoms with Gasteiger partial charge < -0.3 is 14.2 Å². The van der Waals surface area contributed by atoms with Gasteiger partial charge in [0.25, 0.3) is 0 Å². The van der Waals surface area contributed by atoms with Gasteiger partial charge in [-0.15, -0.1) is 0 Å². The number of carbonyl (C=O) groups excluding carboxylic acids is 1. The van der Waals surface area contributed by atoms with Gasteiger partial charge in [-0.05, 0) is 12.1 Å². The first kappa shape index (κ1) is 16.1. The third-order valence-corrected chi connectivity index (χ3v) is 2.00. The molecule has 112 valence electrons. The SMILES string of the molecule is COCCOc1cccc(NC(=O)OCC(F)(F)F)c1. The maximum absolute atomic E-state index is 11.9. The Labute approximate surface area is 113 Å². The number of amides is 1. The number of ether oxygens (including phenoxy) is 3. The lowest BCUT2D eigenvalue weighted by Crippen LogP contribution is -2.23. The molecule has 0 aliphatic carbocycles. The molecule has 8 heteroatoms. The highest BCUT2D eigenvalue weighted by Crippen LogP contribution is 2.18. The van der Waals surface area contributed by atoms with Crippen molar-refractivity contribution >= 4 is 11.8 Å². The van der Waals surface area contributed by atoms with E-state index < -0.39 is 18.9 Å². The van der Waals surface area contributed by atoms with Crippen molar-refractivity contribution in [2.75, 3.05) is 32.2 Å². The van der Waals surface area contributed by atoms with Crippen molar-refractivity contribution < 1.29 is 32.2 Å². The predicted octanol–water partition coefficient (Wildman–Crippen LogP) is 2.82. The minimum atomic E-state index is -4.55. The Morgan fingerprint density at radius 1 is 1.30 bits per heavy atom. The van der Waals surface area contributed by atoms with Gasteiger partial charge in [0.05, 0.1) is 6.61 Å². The molecule has 0 aromatic heterocycles. The van der Waals surface area contributed by atoms with Crippen molar-refractivity contribution in [3.8, 4) is 5.75 Å². The van der Waals surface area contributed by atoms with E-state index in [0.29, 0.717) is 19.0 Å². The van der Waals surface area contributed by atoms with Gasteiger partial charge in [0.1, 0.15) is 12.4 Å². The molecule has 5 nitrogen and oxygen atoms in total. The number of methoxy groups -OCH3 is 1. The number of benzene rings is 1. The topological polar surface area (TPSA) is 56.8 Å². The number of carbonyl (C=O) groups is 1. The average molecular weight is 293 g/mol. The van der Waals surface area contributed by atoms with Gasteiger partial charge in [-0.1, -0.05) is 6.07 Å². The summed E-state index contributed by atoms with van der Waals surface area (Å²) in [5.41, 5.74) is 0.270. The molecule has 1 rings (SSSR count). The molecule has 0 fully saturated rings. The van der Waals surface area contributed by atoms with E-state index in [1.54, 1.807) is 12.1 Å². The lowest BCUT2D eigenvalue weighted by atomic mass is 10.3. The zero-order valence-electron chi connectivity index (χ0n) is 10.7. The van der Waals surface area contributed by atoms with Crippen molar-refractivity contribution in [3.05, 3.63) is 24.3 Å². The zero-order valence-corrected chi connectivity index (χ0v) is 10.7. The number of alkyl halides is 3. The number of hydrogen-bond acceptors (Lipinski definition) is 4.